The lowest BCUT2D eigenvalue weighted by Crippen LogP contribution is -2.44. The smallest absolute Gasteiger partial charge is 0.315 e. The van der Waals surface area contributed by atoms with Crippen molar-refractivity contribution in [1.82, 2.24) is 20.6 Å². The highest BCUT2D eigenvalue weighted by atomic mass is 16.5. The van der Waals surface area contributed by atoms with Gasteiger partial charge in [-0.15, -0.1) is 0 Å². The summed E-state index contributed by atoms with van der Waals surface area (Å²) in [6.45, 7) is 1.89. The quantitative estimate of drug-likeness (QED) is 0.906. The largest absolute Gasteiger partial charge is 0.381 e. The van der Waals surface area contributed by atoms with Crippen LogP contribution in [-0.2, 0) is 11.3 Å². The average Bonchev–Trinajstić information content (AvgIpc) is 2.62. The Labute approximate surface area is 135 Å². The average molecular weight is 312 g/mol. The van der Waals surface area contributed by atoms with Gasteiger partial charge in [-0.2, -0.15) is 0 Å². The minimum atomic E-state index is -0.140. The topological polar surface area (TPSA) is 76.1 Å². The maximum Gasteiger partial charge on any atom is 0.315 e. The molecule has 2 aromatic rings. The van der Waals surface area contributed by atoms with Crippen molar-refractivity contribution in [2.24, 2.45) is 0 Å². The molecule has 6 heteroatoms. The molecule has 23 heavy (non-hydrogen) atoms. The van der Waals surface area contributed by atoms with Crippen molar-refractivity contribution in [1.29, 1.82) is 0 Å². The third-order valence-electron chi connectivity index (χ3n) is 3.81. The van der Waals surface area contributed by atoms with Crippen LogP contribution < -0.4 is 10.6 Å². The summed E-state index contributed by atoms with van der Waals surface area (Å²) in [6.07, 6.45) is 6.97. The predicted octanol–water partition coefficient (Wildman–Crippen LogP) is 2.12. The summed E-state index contributed by atoms with van der Waals surface area (Å²) in [5.74, 6) is 0. The molecule has 1 aliphatic rings. The Hall–Kier alpha value is -2.47. The number of carbonyl (C=O) groups is 1. The summed E-state index contributed by atoms with van der Waals surface area (Å²) in [5, 5.41) is 5.88. The standard InChI is InChI=1S/C17H20N4O2/c22-17(21-15-4-9-23-10-5-15)20-12-13-1-8-19-16(11-13)14-2-6-18-7-3-14/h1-3,6-8,11,15H,4-5,9-10,12H2,(H2,20,21,22). The number of nitrogens with zero attached hydrogens (tertiary/aromatic N) is 2. The molecule has 0 unspecified atom stereocenters. The third-order valence-corrected chi connectivity index (χ3v) is 3.81. The summed E-state index contributed by atoms with van der Waals surface area (Å²) in [5.41, 5.74) is 2.89. The summed E-state index contributed by atoms with van der Waals surface area (Å²) in [6, 6.07) is 7.77. The van der Waals surface area contributed by atoms with Crippen molar-refractivity contribution in [3.8, 4) is 11.3 Å². The van der Waals surface area contributed by atoms with Crippen molar-refractivity contribution < 1.29 is 9.53 Å². The number of ether oxygens (including phenoxy) is 1. The molecule has 0 aromatic carbocycles. The summed E-state index contributed by atoms with van der Waals surface area (Å²) < 4.78 is 5.28. The first-order chi connectivity index (χ1) is 11.3. The number of hydrogen-bond donors (Lipinski definition) is 2. The molecule has 2 N–H and O–H groups in total. The summed E-state index contributed by atoms with van der Waals surface area (Å²) in [4.78, 5) is 20.3. The van der Waals surface area contributed by atoms with Crippen molar-refractivity contribution in [3.63, 3.8) is 0 Å². The van der Waals surface area contributed by atoms with E-state index in [0.717, 1.165) is 29.7 Å². The van der Waals surface area contributed by atoms with Gasteiger partial charge in [0.15, 0.2) is 0 Å². The maximum atomic E-state index is 12.0. The van der Waals surface area contributed by atoms with Gasteiger partial charge >= 0.3 is 6.03 Å². The van der Waals surface area contributed by atoms with Gasteiger partial charge in [-0.25, -0.2) is 4.79 Å². The first-order valence-electron chi connectivity index (χ1n) is 7.79. The van der Waals surface area contributed by atoms with Crippen LogP contribution in [0.4, 0.5) is 4.79 Å². The Morgan fingerprint density at radius 2 is 1.96 bits per heavy atom. The van der Waals surface area contributed by atoms with E-state index in [1.165, 1.54) is 0 Å². The summed E-state index contributed by atoms with van der Waals surface area (Å²) in [7, 11) is 0. The van der Waals surface area contributed by atoms with Crippen LogP contribution >= 0.6 is 0 Å². The fourth-order valence-electron chi connectivity index (χ4n) is 2.53. The fraction of sp³-hybridized carbons (Fsp3) is 0.353. The highest BCUT2D eigenvalue weighted by Gasteiger charge is 2.15. The predicted molar refractivity (Wildman–Crippen MR) is 86.7 cm³/mol. The van der Waals surface area contributed by atoms with Crippen LogP contribution in [-0.4, -0.2) is 35.3 Å². The Morgan fingerprint density at radius 3 is 2.74 bits per heavy atom. The van der Waals surface area contributed by atoms with Crippen molar-refractivity contribution in [3.05, 3.63) is 48.4 Å². The molecule has 0 atom stereocenters. The van der Waals surface area contributed by atoms with Gasteiger partial charge in [0.1, 0.15) is 0 Å². The van der Waals surface area contributed by atoms with Crippen LogP contribution in [0.1, 0.15) is 18.4 Å². The van der Waals surface area contributed by atoms with Crippen molar-refractivity contribution >= 4 is 6.03 Å². The number of urea groups is 1. The molecule has 0 radical (unpaired) electrons. The molecular weight excluding hydrogens is 292 g/mol. The van der Waals surface area contributed by atoms with Crippen molar-refractivity contribution in [2.45, 2.75) is 25.4 Å². The SMILES string of the molecule is O=C(NCc1ccnc(-c2ccncc2)c1)NC1CCOCC1. The lowest BCUT2D eigenvalue weighted by molar-refractivity contribution is 0.0801. The van der Waals surface area contributed by atoms with E-state index < -0.39 is 0 Å². The van der Waals surface area contributed by atoms with Gasteiger partial charge < -0.3 is 15.4 Å². The maximum absolute atomic E-state index is 12.0. The lowest BCUT2D eigenvalue weighted by atomic mass is 10.1. The molecule has 3 rings (SSSR count). The monoisotopic (exact) mass is 312 g/mol. The van der Waals surface area contributed by atoms with E-state index in [1.807, 2.05) is 24.3 Å². The molecule has 3 heterocycles. The van der Waals surface area contributed by atoms with E-state index in [9.17, 15) is 4.79 Å². The number of pyridine rings is 2. The number of amides is 2. The zero-order chi connectivity index (χ0) is 15.9. The number of aromatic nitrogens is 2. The second-order valence-electron chi connectivity index (χ2n) is 5.50. The lowest BCUT2D eigenvalue weighted by Gasteiger charge is -2.23. The van der Waals surface area contributed by atoms with Gasteiger partial charge in [-0.1, -0.05) is 0 Å². The molecule has 2 aromatic heterocycles. The zero-order valence-corrected chi connectivity index (χ0v) is 12.9. The van der Waals surface area contributed by atoms with E-state index in [1.54, 1.807) is 18.6 Å². The van der Waals surface area contributed by atoms with Crippen LogP contribution in [0.2, 0.25) is 0 Å². The first-order valence-corrected chi connectivity index (χ1v) is 7.79. The molecule has 1 aliphatic heterocycles. The van der Waals surface area contributed by atoms with E-state index in [4.69, 9.17) is 4.74 Å². The van der Waals surface area contributed by atoms with E-state index in [2.05, 4.69) is 20.6 Å². The minimum absolute atomic E-state index is 0.140. The zero-order valence-electron chi connectivity index (χ0n) is 12.9. The van der Waals surface area contributed by atoms with Gasteiger partial charge in [-0.3, -0.25) is 9.97 Å². The fourth-order valence-corrected chi connectivity index (χ4v) is 2.53. The molecule has 2 amide bonds. The first kappa shape index (κ1) is 15.4. The number of hydrogen-bond acceptors (Lipinski definition) is 4. The minimum Gasteiger partial charge on any atom is -0.381 e. The van der Waals surface area contributed by atoms with Crippen molar-refractivity contribution in [2.75, 3.05) is 13.2 Å². The highest BCUT2D eigenvalue weighted by Crippen LogP contribution is 2.16. The molecule has 1 fully saturated rings. The normalized spacial score (nSPS) is 15.1. The van der Waals surface area contributed by atoms with Gasteiger partial charge in [0.25, 0.3) is 0 Å². The van der Waals surface area contributed by atoms with E-state index >= 15 is 0 Å². The van der Waals surface area contributed by atoms with Gasteiger partial charge in [0.2, 0.25) is 0 Å². The Bertz CT molecular complexity index is 642. The Kier molecular flexibility index (Phi) is 5.16. The number of carbonyl (C=O) groups excluding carboxylic acids is 1. The Morgan fingerprint density at radius 1 is 1.17 bits per heavy atom. The van der Waals surface area contributed by atoms with E-state index in [0.29, 0.717) is 19.8 Å². The second kappa shape index (κ2) is 7.69. The second-order valence-corrected chi connectivity index (χ2v) is 5.50. The molecule has 0 saturated carbocycles. The van der Waals surface area contributed by atoms with E-state index in [-0.39, 0.29) is 12.1 Å². The molecule has 6 nitrogen and oxygen atoms in total. The summed E-state index contributed by atoms with van der Waals surface area (Å²) >= 11 is 0. The van der Waals surface area contributed by atoms with Crippen LogP contribution in [0.15, 0.2) is 42.9 Å². The van der Waals surface area contributed by atoms with Gasteiger partial charge in [-0.05, 0) is 42.7 Å². The molecule has 0 spiro atoms. The number of nitrogens with one attached hydrogen (secondary N) is 2. The van der Waals surface area contributed by atoms with Gasteiger partial charge in [0, 0.05) is 50.0 Å². The molecule has 120 valence electrons. The highest BCUT2D eigenvalue weighted by molar-refractivity contribution is 5.74. The van der Waals surface area contributed by atoms with Crippen LogP contribution in [0, 0.1) is 0 Å². The molecule has 0 aliphatic carbocycles. The van der Waals surface area contributed by atoms with Crippen LogP contribution in [0.25, 0.3) is 11.3 Å². The molecular formula is C17H20N4O2. The van der Waals surface area contributed by atoms with Crippen LogP contribution in [0.3, 0.4) is 0 Å². The van der Waals surface area contributed by atoms with Crippen LogP contribution in [0.5, 0.6) is 0 Å². The molecule has 1 saturated heterocycles. The number of rotatable bonds is 4. The van der Waals surface area contributed by atoms with Gasteiger partial charge in [0.05, 0.1) is 5.69 Å². The Balaban J connectivity index is 1.55. The third kappa shape index (κ3) is 4.50. The molecule has 0 bridgehead atoms.